The van der Waals surface area contributed by atoms with E-state index in [0.717, 1.165) is 41.8 Å². The van der Waals surface area contributed by atoms with Gasteiger partial charge in [0.05, 0.1) is 4.87 Å². The van der Waals surface area contributed by atoms with E-state index in [1.165, 1.54) is 0 Å². The molecule has 158 valence electrons. The van der Waals surface area contributed by atoms with Gasteiger partial charge in [0.1, 0.15) is 0 Å². The summed E-state index contributed by atoms with van der Waals surface area (Å²) in [5, 5.41) is 0. The van der Waals surface area contributed by atoms with Gasteiger partial charge in [-0.05, 0) is 42.0 Å². The Kier molecular flexibility index (Phi) is 6.19. The Morgan fingerprint density at radius 2 is 1.57 bits per heavy atom. The molecule has 2 aromatic carbocycles. The summed E-state index contributed by atoms with van der Waals surface area (Å²) in [6, 6.07) is 18.1. The highest BCUT2D eigenvalue weighted by Gasteiger charge is 2.46. The van der Waals surface area contributed by atoms with Crippen molar-refractivity contribution in [3.8, 4) is 11.1 Å². The van der Waals surface area contributed by atoms with Crippen molar-refractivity contribution in [1.82, 2.24) is 9.80 Å². The van der Waals surface area contributed by atoms with Gasteiger partial charge in [-0.25, -0.2) is 0 Å². The van der Waals surface area contributed by atoms with E-state index in [1.807, 2.05) is 59.1 Å². The molecule has 30 heavy (non-hydrogen) atoms. The molecule has 0 aromatic heterocycles. The Labute approximate surface area is 183 Å². The van der Waals surface area contributed by atoms with E-state index in [2.05, 4.69) is 30.9 Å². The van der Waals surface area contributed by atoms with Crippen LogP contribution < -0.4 is 0 Å². The number of benzene rings is 2. The van der Waals surface area contributed by atoms with E-state index in [0.29, 0.717) is 25.4 Å². The van der Waals surface area contributed by atoms with Gasteiger partial charge in [0, 0.05) is 37.4 Å². The number of carbonyl (C=O) groups excluding carboxylic acids is 2. The van der Waals surface area contributed by atoms with Crippen LogP contribution in [0.5, 0.6) is 0 Å². The van der Waals surface area contributed by atoms with Gasteiger partial charge in [-0.1, -0.05) is 56.3 Å². The number of carbonyl (C=O) groups is 2. The Balaban J connectivity index is 1.40. The Morgan fingerprint density at radius 3 is 2.20 bits per heavy atom. The fourth-order valence-corrected chi connectivity index (χ4v) is 5.99. The van der Waals surface area contributed by atoms with E-state index in [-0.39, 0.29) is 16.7 Å². The maximum absolute atomic E-state index is 13.1. The van der Waals surface area contributed by atoms with Crippen molar-refractivity contribution in [3.05, 3.63) is 60.2 Å². The summed E-state index contributed by atoms with van der Waals surface area (Å²) in [6.45, 7) is 6.44. The molecule has 0 N–H and O–H groups in total. The van der Waals surface area contributed by atoms with Gasteiger partial charge in [-0.15, -0.1) is 11.8 Å². The predicted octanol–water partition coefficient (Wildman–Crippen LogP) is 4.91. The molecule has 2 amide bonds. The lowest BCUT2D eigenvalue weighted by Crippen LogP contribution is -2.53. The van der Waals surface area contributed by atoms with Crippen molar-refractivity contribution in [3.63, 3.8) is 0 Å². The van der Waals surface area contributed by atoms with Gasteiger partial charge >= 0.3 is 0 Å². The second kappa shape index (κ2) is 8.84. The molecule has 0 bridgehead atoms. The molecule has 4 nitrogen and oxygen atoms in total. The zero-order valence-electron chi connectivity index (χ0n) is 17.8. The summed E-state index contributed by atoms with van der Waals surface area (Å²) >= 11 is 1.91. The smallest absolute Gasteiger partial charge is 0.253 e. The van der Waals surface area contributed by atoms with Gasteiger partial charge in [0.25, 0.3) is 5.91 Å². The number of hydrogen-bond donors (Lipinski definition) is 0. The highest BCUT2D eigenvalue weighted by molar-refractivity contribution is 8.00. The quantitative estimate of drug-likeness (QED) is 0.703. The average Bonchev–Trinajstić information content (AvgIpc) is 3.17. The van der Waals surface area contributed by atoms with Crippen LogP contribution in [0.1, 0.15) is 43.5 Å². The fraction of sp³-hybridized carbons (Fsp3) is 0.440. The molecule has 2 aliphatic heterocycles. The number of thioether (sulfide) groups is 1. The molecule has 2 fully saturated rings. The van der Waals surface area contributed by atoms with Gasteiger partial charge in [-0.3, -0.25) is 9.59 Å². The third-order valence-corrected chi connectivity index (χ3v) is 7.69. The second-order valence-corrected chi connectivity index (χ2v) is 10.1. The van der Waals surface area contributed by atoms with E-state index in [1.54, 1.807) is 0 Å². The molecular formula is C25H30N2O2S. The van der Waals surface area contributed by atoms with Crippen molar-refractivity contribution < 1.29 is 9.59 Å². The highest BCUT2D eigenvalue weighted by Crippen LogP contribution is 2.44. The first-order valence-corrected chi connectivity index (χ1v) is 11.9. The van der Waals surface area contributed by atoms with Crippen LogP contribution >= 0.6 is 11.8 Å². The fourth-order valence-electron chi connectivity index (χ4n) is 4.51. The van der Waals surface area contributed by atoms with Crippen LogP contribution in [-0.2, 0) is 4.79 Å². The summed E-state index contributed by atoms with van der Waals surface area (Å²) in [4.78, 5) is 29.7. The number of amides is 2. The predicted molar refractivity (Wildman–Crippen MR) is 123 cm³/mol. The highest BCUT2D eigenvalue weighted by atomic mass is 32.2. The first kappa shape index (κ1) is 21.0. The van der Waals surface area contributed by atoms with E-state index >= 15 is 0 Å². The van der Waals surface area contributed by atoms with Gasteiger partial charge < -0.3 is 9.80 Å². The molecule has 0 aliphatic carbocycles. The molecule has 2 heterocycles. The number of likely N-dealkylation sites (tertiary alicyclic amines) is 1. The van der Waals surface area contributed by atoms with Crippen molar-refractivity contribution in [1.29, 1.82) is 0 Å². The molecule has 0 radical (unpaired) electrons. The number of rotatable bonds is 4. The number of hydrogen-bond acceptors (Lipinski definition) is 3. The van der Waals surface area contributed by atoms with Crippen molar-refractivity contribution in [2.45, 2.75) is 38.0 Å². The zero-order valence-corrected chi connectivity index (χ0v) is 18.7. The molecule has 1 spiro atoms. The minimum Gasteiger partial charge on any atom is -0.338 e. The van der Waals surface area contributed by atoms with Crippen LogP contribution in [-0.4, -0.2) is 51.9 Å². The second-order valence-electron chi connectivity index (χ2n) is 8.67. The van der Waals surface area contributed by atoms with Crippen molar-refractivity contribution in [2.24, 2.45) is 5.92 Å². The maximum atomic E-state index is 13.1. The first-order chi connectivity index (χ1) is 14.5. The SMILES string of the molecule is CC(C)CC(=O)N1CCSC12CCN(C(=O)c1ccc(-c3ccccc3)cc1)CC2. The van der Waals surface area contributed by atoms with Gasteiger partial charge in [0.15, 0.2) is 0 Å². The molecule has 5 heteroatoms. The monoisotopic (exact) mass is 422 g/mol. The average molecular weight is 423 g/mol. The van der Waals surface area contributed by atoms with Crippen LogP contribution in [0.2, 0.25) is 0 Å². The Hall–Kier alpha value is -2.27. The normalized spacial score (nSPS) is 18.2. The summed E-state index contributed by atoms with van der Waals surface area (Å²) in [5.74, 6) is 1.73. The molecule has 0 atom stereocenters. The maximum Gasteiger partial charge on any atom is 0.253 e. The molecule has 2 saturated heterocycles. The molecule has 0 saturated carbocycles. The van der Waals surface area contributed by atoms with E-state index < -0.39 is 0 Å². The van der Waals surface area contributed by atoms with Gasteiger partial charge in [-0.2, -0.15) is 0 Å². The topological polar surface area (TPSA) is 40.6 Å². The zero-order chi connectivity index (χ0) is 21.1. The van der Waals surface area contributed by atoms with Crippen molar-refractivity contribution >= 4 is 23.6 Å². The number of piperidine rings is 1. The lowest BCUT2D eigenvalue weighted by Gasteiger charge is -2.44. The summed E-state index contributed by atoms with van der Waals surface area (Å²) in [7, 11) is 0. The van der Waals surface area contributed by atoms with Crippen LogP contribution in [0.4, 0.5) is 0 Å². The van der Waals surface area contributed by atoms with Crippen LogP contribution in [0, 0.1) is 5.92 Å². The van der Waals surface area contributed by atoms with Crippen LogP contribution in [0.3, 0.4) is 0 Å². The first-order valence-electron chi connectivity index (χ1n) is 10.9. The summed E-state index contributed by atoms with van der Waals surface area (Å²) in [5.41, 5.74) is 3.00. The minimum atomic E-state index is -0.111. The molecule has 2 aliphatic rings. The molecule has 4 rings (SSSR count). The minimum absolute atomic E-state index is 0.0903. The summed E-state index contributed by atoms with van der Waals surface area (Å²) in [6.07, 6.45) is 2.32. The lowest BCUT2D eigenvalue weighted by atomic mass is 9.99. The van der Waals surface area contributed by atoms with Gasteiger partial charge in [0.2, 0.25) is 5.91 Å². The summed E-state index contributed by atoms with van der Waals surface area (Å²) < 4.78 is 0. The third kappa shape index (κ3) is 4.27. The molecule has 0 unspecified atom stereocenters. The van der Waals surface area contributed by atoms with E-state index in [9.17, 15) is 9.59 Å². The molecular weight excluding hydrogens is 392 g/mol. The van der Waals surface area contributed by atoms with Crippen molar-refractivity contribution in [2.75, 3.05) is 25.4 Å². The van der Waals surface area contributed by atoms with E-state index in [4.69, 9.17) is 0 Å². The number of nitrogens with zero attached hydrogens (tertiary/aromatic N) is 2. The van der Waals surface area contributed by atoms with Crippen LogP contribution in [0.15, 0.2) is 54.6 Å². The lowest BCUT2D eigenvalue weighted by molar-refractivity contribution is -0.135. The Bertz CT molecular complexity index is 887. The Morgan fingerprint density at radius 1 is 0.933 bits per heavy atom. The standard InChI is InChI=1S/C25H30N2O2S/c1-19(2)18-23(28)27-16-17-30-25(27)12-14-26(15-13-25)24(29)22-10-8-21(9-11-22)20-6-4-3-5-7-20/h3-11,19H,12-18H2,1-2H3. The molecule has 2 aromatic rings. The largest absolute Gasteiger partial charge is 0.338 e. The van der Waals surface area contributed by atoms with Crippen LogP contribution in [0.25, 0.3) is 11.1 Å². The third-order valence-electron chi connectivity index (χ3n) is 6.13.